The second kappa shape index (κ2) is 8.23. The van der Waals surface area contributed by atoms with Crippen molar-refractivity contribution in [1.29, 1.82) is 0 Å². The number of aromatic nitrogens is 2. The zero-order valence-electron chi connectivity index (χ0n) is 18.3. The van der Waals surface area contributed by atoms with Gasteiger partial charge in [-0.05, 0) is 80.5 Å². The Labute approximate surface area is 191 Å². The predicted molar refractivity (Wildman–Crippen MR) is 116 cm³/mol. The molecule has 6 rings (SSSR count). The lowest BCUT2D eigenvalue weighted by Gasteiger charge is -2.56. The molecule has 176 valence electrons. The van der Waals surface area contributed by atoms with E-state index in [-0.39, 0.29) is 35.6 Å². The summed E-state index contributed by atoms with van der Waals surface area (Å²) in [7, 11) is -3.76. The molecule has 33 heavy (non-hydrogen) atoms. The molecule has 10 heteroatoms. The van der Waals surface area contributed by atoms with Gasteiger partial charge in [0.1, 0.15) is 11.6 Å². The first kappa shape index (κ1) is 22.1. The van der Waals surface area contributed by atoms with Crippen molar-refractivity contribution in [3.05, 3.63) is 36.1 Å². The fourth-order valence-electron chi connectivity index (χ4n) is 6.03. The van der Waals surface area contributed by atoms with E-state index in [1.807, 2.05) is 0 Å². The van der Waals surface area contributed by atoms with Gasteiger partial charge in [-0.15, -0.1) is 0 Å². The van der Waals surface area contributed by atoms with Crippen LogP contribution in [0.4, 0.5) is 4.39 Å². The van der Waals surface area contributed by atoms with Crippen LogP contribution < -0.4 is 14.8 Å². The van der Waals surface area contributed by atoms with Crippen LogP contribution in [0.5, 0.6) is 17.5 Å². The lowest BCUT2D eigenvalue weighted by Crippen LogP contribution is -2.60. The fourth-order valence-corrected chi connectivity index (χ4v) is 6.55. The van der Waals surface area contributed by atoms with Gasteiger partial charge in [-0.1, -0.05) is 0 Å². The molecular formula is C23H26FN3O5S. The summed E-state index contributed by atoms with van der Waals surface area (Å²) in [6.45, 7) is -0.294. The Morgan fingerprint density at radius 3 is 2.21 bits per heavy atom. The van der Waals surface area contributed by atoms with Gasteiger partial charge in [0, 0.05) is 11.8 Å². The maximum atomic E-state index is 13.1. The first-order valence-corrected chi connectivity index (χ1v) is 13.0. The van der Waals surface area contributed by atoms with Crippen molar-refractivity contribution in [2.24, 2.45) is 17.8 Å². The molecule has 0 spiro atoms. The Hall–Kier alpha value is -2.75. The molecule has 4 fully saturated rings. The molecule has 4 aliphatic rings. The highest BCUT2D eigenvalue weighted by molar-refractivity contribution is 7.90. The van der Waals surface area contributed by atoms with E-state index in [1.54, 1.807) is 0 Å². The molecule has 1 aromatic carbocycles. The number of nitrogens with one attached hydrogen (secondary N) is 1. The third-order valence-corrected chi connectivity index (χ3v) is 7.67. The molecule has 1 N–H and O–H groups in total. The van der Waals surface area contributed by atoms with Gasteiger partial charge in [-0.25, -0.2) is 12.8 Å². The van der Waals surface area contributed by atoms with Crippen molar-refractivity contribution in [2.45, 2.75) is 49.2 Å². The van der Waals surface area contributed by atoms with Gasteiger partial charge in [0.25, 0.3) is 11.1 Å². The fraction of sp³-hybridized carbons (Fsp3) is 0.522. The van der Waals surface area contributed by atoms with E-state index in [1.165, 1.54) is 49.6 Å². The van der Waals surface area contributed by atoms with Crippen molar-refractivity contribution >= 4 is 15.7 Å². The summed E-state index contributed by atoms with van der Waals surface area (Å²) in [5.74, 6) is 1.48. The molecule has 4 bridgehead atoms. The SMILES string of the molecule is CS(=O)(=O)c1nc(OCC(=O)NC23CC4CC(CC(C4)C2)C3)cc(Oc2ccc(F)cc2)n1. The van der Waals surface area contributed by atoms with Crippen LogP contribution in [-0.4, -0.2) is 42.7 Å². The summed E-state index contributed by atoms with van der Waals surface area (Å²) < 4.78 is 48.3. The highest BCUT2D eigenvalue weighted by atomic mass is 32.2. The number of ether oxygens (including phenoxy) is 2. The maximum absolute atomic E-state index is 13.1. The second-order valence-corrected chi connectivity index (χ2v) is 11.6. The first-order chi connectivity index (χ1) is 15.7. The maximum Gasteiger partial charge on any atom is 0.258 e. The number of hydrogen-bond acceptors (Lipinski definition) is 7. The zero-order valence-corrected chi connectivity index (χ0v) is 19.1. The summed E-state index contributed by atoms with van der Waals surface area (Å²) in [6, 6.07) is 6.49. The second-order valence-electron chi connectivity index (χ2n) is 9.69. The molecule has 1 aromatic heterocycles. The summed E-state index contributed by atoms with van der Waals surface area (Å²) in [5, 5.41) is 2.72. The minimum absolute atomic E-state index is 0.0893. The summed E-state index contributed by atoms with van der Waals surface area (Å²) in [6.07, 6.45) is 7.85. The number of sulfone groups is 1. The monoisotopic (exact) mass is 475 g/mol. The molecular weight excluding hydrogens is 449 g/mol. The molecule has 0 atom stereocenters. The number of amides is 1. The topological polar surface area (TPSA) is 107 Å². The van der Waals surface area contributed by atoms with E-state index in [9.17, 15) is 17.6 Å². The third kappa shape index (κ3) is 4.95. The Balaban J connectivity index is 1.28. The van der Waals surface area contributed by atoms with Gasteiger partial charge < -0.3 is 14.8 Å². The van der Waals surface area contributed by atoms with Crippen LogP contribution in [-0.2, 0) is 14.6 Å². The van der Waals surface area contributed by atoms with Crippen LogP contribution in [0, 0.1) is 23.6 Å². The van der Waals surface area contributed by atoms with Crippen molar-refractivity contribution in [1.82, 2.24) is 15.3 Å². The number of rotatable bonds is 7. The Kier molecular flexibility index (Phi) is 5.50. The molecule has 0 aliphatic heterocycles. The molecule has 4 aliphatic carbocycles. The molecule has 4 saturated carbocycles. The molecule has 0 radical (unpaired) electrons. The van der Waals surface area contributed by atoms with E-state index in [4.69, 9.17) is 9.47 Å². The number of hydrogen-bond donors (Lipinski definition) is 1. The number of halogens is 1. The number of nitrogens with zero attached hydrogens (tertiary/aromatic N) is 2. The average molecular weight is 476 g/mol. The molecule has 0 saturated heterocycles. The normalized spacial score (nSPS) is 27.9. The number of carbonyl (C=O) groups is 1. The molecule has 1 heterocycles. The van der Waals surface area contributed by atoms with E-state index in [0.29, 0.717) is 17.8 Å². The minimum Gasteiger partial charge on any atom is -0.467 e. The average Bonchev–Trinajstić information content (AvgIpc) is 2.72. The van der Waals surface area contributed by atoms with E-state index in [2.05, 4.69) is 15.3 Å². The molecule has 0 unspecified atom stereocenters. The largest absolute Gasteiger partial charge is 0.467 e. The predicted octanol–water partition coefficient (Wildman–Crippen LogP) is 3.28. The van der Waals surface area contributed by atoms with Gasteiger partial charge in [0.2, 0.25) is 21.6 Å². The quantitative estimate of drug-likeness (QED) is 0.613. The molecule has 8 nitrogen and oxygen atoms in total. The van der Waals surface area contributed by atoms with Crippen LogP contribution in [0.1, 0.15) is 38.5 Å². The van der Waals surface area contributed by atoms with E-state index < -0.39 is 20.8 Å². The van der Waals surface area contributed by atoms with Crippen molar-refractivity contribution in [2.75, 3.05) is 12.9 Å². The highest BCUT2D eigenvalue weighted by Crippen LogP contribution is 2.55. The molecule has 1 amide bonds. The van der Waals surface area contributed by atoms with Gasteiger partial charge >= 0.3 is 0 Å². The summed E-state index contributed by atoms with van der Waals surface area (Å²) in [4.78, 5) is 20.5. The highest BCUT2D eigenvalue weighted by Gasteiger charge is 2.51. The first-order valence-electron chi connectivity index (χ1n) is 11.1. The van der Waals surface area contributed by atoms with Crippen molar-refractivity contribution in [3.63, 3.8) is 0 Å². The van der Waals surface area contributed by atoms with Gasteiger partial charge in [0.15, 0.2) is 6.61 Å². The van der Waals surface area contributed by atoms with Crippen molar-refractivity contribution < 1.29 is 27.1 Å². The number of benzene rings is 1. The Bertz CT molecular complexity index is 1130. The Morgan fingerprint density at radius 2 is 1.64 bits per heavy atom. The van der Waals surface area contributed by atoms with Gasteiger partial charge in [-0.3, -0.25) is 4.79 Å². The van der Waals surface area contributed by atoms with E-state index >= 15 is 0 Å². The van der Waals surface area contributed by atoms with E-state index in [0.717, 1.165) is 25.5 Å². The van der Waals surface area contributed by atoms with Crippen LogP contribution in [0.15, 0.2) is 35.5 Å². The van der Waals surface area contributed by atoms with Crippen LogP contribution in [0.3, 0.4) is 0 Å². The van der Waals surface area contributed by atoms with Crippen LogP contribution >= 0.6 is 0 Å². The molecule has 2 aromatic rings. The lowest BCUT2D eigenvalue weighted by atomic mass is 9.53. The summed E-state index contributed by atoms with van der Waals surface area (Å²) >= 11 is 0. The minimum atomic E-state index is -3.76. The number of carbonyl (C=O) groups excluding carboxylic acids is 1. The van der Waals surface area contributed by atoms with Crippen molar-refractivity contribution in [3.8, 4) is 17.5 Å². The third-order valence-electron chi connectivity index (χ3n) is 6.82. The lowest BCUT2D eigenvalue weighted by molar-refractivity contribution is -0.128. The smallest absolute Gasteiger partial charge is 0.258 e. The van der Waals surface area contributed by atoms with Crippen LogP contribution in [0.2, 0.25) is 0 Å². The van der Waals surface area contributed by atoms with Gasteiger partial charge in [0.05, 0.1) is 6.07 Å². The summed E-state index contributed by atoms with van der Waals surface area (Å²) in [5.41, 5.74) is -0.143. The zero-order chi connectivity index (χ0) is 23.2. The van der Waals surface area contributed by atoms with Crippen LogP contribution in [0.25, 0.3) is 0 Å². The Morgan fingerprint density at radius 1 is 1.06 bits per heavy atom. The standard InChI is InChI=1S/C23H26FN3O5S/c1-33(29,30)22-25-20(9-21(26-22)32-18-4-2-17(24)3-5-18)31-13-19(28)27-23-10-14-6-15(11-23)8-16(7-14)12-23/h2-5,9,14-16H,6-8,10-13H2,1H3,(H,27,28). The van der Waals surface area contributed by atoms with Gasteiger partial charge in [-0.2, -0.15) is 9.97 Å².